The zero-order chi connectivity index (χ0) is 22.4. The molecule has 0 fully saturated rings. The quantitative estimate of drug-likeness (QED) is 0.547. The molecule has 1 aliphatic rings. The second-order valence-electron chi connectivity index (χ2n) is 7.75. The third kappa shape index (κ3) is 4.86. The van der Waals surface area contributed by atoms with E-state index >= 15 is 0 Å². The number of benzene rings is 2. The number of hydrogen-bond acceptors (Lipinski definition) is 5. The monoisotopic (exact) mass is 422 g/mol. The average Bonchev–Trinajstić information content (AvgIpc) is 3.04. The molecule has 0 aromatic heterocycles. The van der Waals surface area contributed by atoms with Gasteiger partial charge in [0.1, 0.15) is 5.70 Å². The topological polar surface area (TPSA) is 59.1 Å². The molecule has 2 aromatic rings. The third-order valence-electron chi connectivity index (χ3n) is 5.39. The fraction of sp³-hybridized carbons (Fsp3) is 0.360. The number of anilines is 1. The molecule has 164 valence electrons. The molecule has 0 radical (unpaired) electrons. The van der Waals surface area contributed by atoms with Crippen LogP contribution in [-0.2, 0) is 19.1 Å². The molecule has 1 heterocycles. The molecule has 0 unspecified atom stereocenters. The van der Waals surface area contributed by atoms with Gasteiger partial charge in [0, 0.05) is 27.3 Å². The highest BCUT2D eigenvalue weighted by Gasteiger charge is 2.42. The molecule has 0 saturated carbocycles. The summed E-state index contributed by atoms with van der Waals surface area (Å²) in [7, 11) is 3.23. The Balaban J connectivity index is 2.07. The summed E-state index contributed by atoms with van der Waals surface area (Å²) < 4.78 is 10.5. The molecule has 6 heteroatoms. The van der Waals surface area contributed by atoms with Gasteiger partial charge in [-0.05, 0) is 29.2 Å². The highest BCUT2D eigenvalue weighted by molar-refractivity contribution is 6.45. The Kier molecular flexibility index (Phi) is 7.60. The van der Waals surface area contributed by atoms with Gasteiger partial charge in [0.15, 0.2) is 0 Å². The summed E-state index contributed by atoms with van der Waals surface area (Å²) >= 11 is 0. The lowest BCUT2D eigenvalue weighted by Gasteiger charge is -2.25. The van der Waals surface area contributed by atoms with Crippen LogP contribution >= 0.6 is 0 Å². The largest absolute Gasteiger partial charge is 0.383 e. The number of rotatable bonds is 10. The zero-order valence-electron chi connectivity index (χ0n) is 18.6. The maximum atomic E-state index is 13.6. The molecule has 6 nitrogen and oxygen atoms in total. The number of methoxy groups -OCH3 is 2. The number of amides is 2. The van der Waals surface area contributed by atoms with E-state index in [1.807, 2.05) is 59.5 Å². The van der Waals surface area contributed by atoms with Crippen molar-refractivity contribution < 1.29 is 19.1 Å². The van der Waals surface area contributed by atoms with Crippen molar-refractivity contribution in [1.29, 1.82) is 0 Å². The number of nitrogens with zero attached hydrogens (tertiary/aromatic N) is 2. The van der Waals surface area contributed by atoms with Gasteiger partial charge in [-0.15, -0.1) is 0 Å². The smallest absolute Gasteiger partial charge is 0.282 e. The van der Waals surface area contributed by atoms with Crippen molar-refractivity contribution in [2.24, 2.45) is 0 Å². The highest BCUT2D eigenvalue weighted by Crippen LogP contribution is 2.35. The van der Waals surface area contributed by atoms with E-state index in [0.717, 1.165) is 11.1 Å². The van der Waals surface area contributed by atoms with E-state index in [-0.39, 0.29) is 11.8 Å². The zero-order valence-corrected chi connectivity index (χ0v) is 18.6. The lowest BCUT2D eigenvalue weighted by Crippen LogP contribution is -2.37. The van der Waals surface area contributed by atoms with Gasteiger partial charge in [-0.1, -0.05) is 56.3 Å². The van der Waals surface area contributed by atoms with E-state index in [1.54, 1.807) is 14.2 Å². The first-order chi connectivity index (χ1) is 15.0. The van der Waals surface area contributed by atoms with Crippen LogP contribution in [0.4, 0.5) is 5.69 Å². The van der Waals surface area contributed by atoms with Crippen molar-refractivity contribution in [3.05, 3.63) is 71.4 Å². The Labute approximate surface area is 184 Å². The Hall–Kier alpha value is -2.96. The highest BCUT2D eigenvalue weighted by atomic mass is 16.5. The second kappa shape index (κ2) is 10.4. The Morgan fingerprint density at radius 1 is 0.839 bits per heavy atom. The fourth-order valence-electron chi connectivity index (χ4n) is 3.66. The summed E-state index contributed by atoms with van der Waals surface area (Å²) in [5.74, 6) is -0.275. The molecule has 2 aromatic carbocycles. The molecular weight excluding hydrogens is 392 g/mol. The summed E-state index contributed by atoms with van der Waals surface area (Å²) in [6.07, 6.45) is 0. The van der Waals surface area contributed by atoms with Crippen LogP contribution < -0.4 is 4.90 Å². The minimum Gasteiger partial charge on any atom is -0.383 e. The Morgan fingerprint density at radius 3 is 1.94 bits per heavy atom. The maximum absolute atomic E-state index is 13.6. The van der Waals surface area contributed by atoms with E-state index in [9.17, 15) is 9.59 Å². The van der Waals surface area contributed by atoms with Crippen molar-refractivity contribution in [3.8, 4) is 0 Å². The van der Waals surface area contributed by atoms with Crippen LogP contribution in [0.5, 0.6) is 0 Å². The van der Waals surface area contributed by atoms with Gasteiger partial charge in [-0.25, -0.2) is 4.90 Å². The number of carbonyl (C=O) groups excluding carboxylic acids is 2. The van der Waals surface area contributed by atoms with Gasteiger partial charge < -0.3 is 14.4 Å². The number of ether oxygens (including phenoxy) is 2. The van der Waals surface area contributed by atoms with Crippen LogP contribution in [0.15, 0.2) is 60.3 Å². The summed E-state index contributed by atoms with van der Waals surface area (Å²) in [5, 5.41) is 0. The molecular formula is C25H30N2O4. The fourth-order valence-corrected chi connectivity index (χ4v) is 3.66. The van der Waals surface area contributed by atoms with E-state index < -0.39 is 0 Å². The van der Waals surface area contributed by atoms with E-state index in [1.165, 1.54) is 4.90 Å². The van der Waals surface area contributed by atoms with Crippen LogP contribution in [0.1, 0.15) is 30.9 Å². The van der Waals surface area contributed by atoms with Crippen LogP contribution in [0.2, 0.25) is 0 Å². The molecule has 0 bridgehead atoms. The molecule has 1 aliphatic heterocycles. The van der Waals surface area contributed by atoms with Crippen molar-refractivity contribution in [3.63, 3.8) is 0 Å². The first kappa shape index (κ1) is 22.7. The van der Waals surface area contributed by atoms with Gasteiger partial charge in [-0.2, -0.15) is 0 Å². The lowest BCUT2D eigenvalue weighted by molar-refractivity contribution is -0.120. The first-order valence-electron chi connectivity index (χ1n) is 10.5. The summed E-state index contributed by atoms with van der Waals surface area (Å²) in [5.41, 5.74) is 3.24. The predicted octanol–water partition coefficient (Wildman–Crippen LogP) is 3.69. The van der Waals surface area contributed by atoms with E-state index in [0.29, 0.717) is 49.2 Å². The van der Waals surface area contributed by atoms with Crippen molar-refractivity contribution in [1.82, 2.24) is 4.90 Å². The van der Waals surface area contributed by atoms with Crippen LogP contribution in [-0.4, -0.2) is 57.2 Å². The number of imide groups is 1. The molecule has 0 N–H and O–H groups in total. The van der Waals surface area contributed by atoms with Crippen molar-refractivity contribution >= 4 is 23.1 Å². The minimum absolute atomic E-state index is 0.316. The second-order valence-corrected chi connectivity index (χ2v) is 7.75. The van der Waals surface area contributed by atoms with E-state index in [4.69, 9.17) is 9.47 Å². The molecule has 0 spiro atoms. The number of carbonyl (C=O) groups is 2. The normalized spacial score (nSPS) is 14.2. The molecule has 0 atom stereocenters. The maximum Gasteiger partial charge on any atom is 0.282 e. The SMILES string of the molecule is COCCN(CCOC)C1=C(c2ccccc2)C(=O)N(c2ccc(C(C)C)cc2)C1=O. The summed E-state index contributed by atoms with van der Waals surface area (Å²) in [6.45, 7) is 6.03. The van der Waals surface area contributed by atoms with Crippen LogP contribution in [0, 0.1) is 0 Å². The molecule has 0 aliphatic carbocycles. The molecule has 0 saturated heterocycles. The summed E-state index contributed by atoms with van der Waals surface area (Å²) in [4.78, 5) is 30.3. The third-order valence-corrected chi connectivity index (χ3v) is 5.39. The van der Waals surface area contributed by atoms with Crippen molar-refractivity contribution in [2.75, 3.05) is 45.4 Å². The van der Waals surface area contributed by atoms with E-state index in [2.05, 4.69) is 13.8 Å². The van der Waals surface area contributed by atoms with Gasteiger partial charge in [0.05, 0.1) is 24.5 Å². The molecule has 3 rings (SSSR count). The first-order valence-corrected chi connectivity index (χ1v) is 10.5. The lowest BCUT2D eigenvalue weighted by atomic mass is 10.0. The van der Waals surface area contributed by atoms with Crippen molar-refractivity contribution in [2.45, 2.75) is 19.8 Å². The number of hydrogen-bond donors (Lipinski definition) is 0. The Morgan fingerprint density at radius 2 is 1.42 bits per heavy atom. The summed E-state index contributed by atoms with van der Waals surface area (Å²) in [6, 6.07) is 17.0. The predicted molar refractivity (Wildman–Crippen MR) is 122 cm³/mol. The van der Waals surface area contributed by atoms with Crippen LogP contribution in [0.25, 0.3) is 5.57 Å². The van der Waals surface area contributed by atoms with Gasteiger partial charge >= 0.3 is 0 Å². The molecule has 31 heavy (non-hydrogen) atoms. The molecule has 2 amide bonds. The van der Waals surface area contributed by atoms with Gasteiger partial charge in [-0.3, -0.25) is 9.59 Å². The average molecular weight is 423 g/mol. The van der Waals surface area contributed by atoms with Crippen LogP contribution in [0.3, 0.4) is 0 Å². The van der Waals surface area contributed by atoms with Gasteiger partial charge in [0.2, 0.25) is 0 Å². The standard InChI is InChI=1S/C25H30N2O4/c1-18(2)19-10-12-21(13-11-19)27-24(28)22(20-8-6-5-7-9-20)23(25(27)29)26(14-16-30-3)15-17-31-4/h5-13,18H,14-17H2,1-4H3. The Bertz CT molecular complexity index is 928. The van der Waals surface area contributed by atoms with Gasteiger partial charge in [0.25, 0.3) is 11.8 Å². The minimum atomic E-state index is -0.326.